The first kappa shape index (κ1) is 12.4. The van der Waals surface area contributed by atoms with Crippen molar-refractivity contribution in [1.82, 2.24) is 14.7 Å². The van der Waals surface area contributed by atoms with E-state index in [1.54, 1.807) is 0 Å². The highest BCUT2D eigenvalue weighted by Gasteiger charge is 2.22. The van der Waals surface area contributed by atoms with E-state index in [0.29, 0.717) is 6.04 Å². The lowest BCUT2D eigenvalue weighted by atomic mass is 10.0. The van der Waals surface area contributed by atoms with E-state index < -0.39 is 0 Å². The van der Waals surface area contributed by atoms with Crippen molar-refractivity contribution in [1.29, 1.82) is 0 Å². The van der Waals surface area contributed by atoms with Gasteiger partial charge >= 0.3 is 0 Å². The van der Waals surface area contributed by atoms with Crippen LogP contribution in [-0.2, 0) is 6.54 Å². The molecule has 1 aliphatic heterocycles. The molecule has 0 aliphatic carbocycles. The van der Waals surface area contributed by atoms with Gasteiger partial charge in [-0.1, -0.05) is 18.6 Å². The number of rotatable bonds is 4. The van der Waals surface area contributed by atoms with Gasteiger partial charge in [0.1, 0.15) is 0 Å². The first-order chi connectivity index (χ1) is 8.15. The fourth-order valence-corrected chi connectivity index (χ4v) is 2.60. The molecule has 3 nitrogen and oxygen atoms in total. The Morgan fingerprint density at radius 2 is 2.35 bits per heavy atom. The van der Waals surface area contributed by atoms with E-state index in [1.807, 2.05) is 6.20 Å². The highest BCUT2D eigenvalue weighted by molar-refractivity contribution is 5.00. The fraction of sp³-hybridized carbons (Fsp3) is 0.643. The molecule has 0 saturated carbocycles. The van der Waals surface area contributed by atoms with E-state index in [0.717, 1.165) is 13.1 Å². The van der Waals surface area contributed by atoms with Crippen LogP contribution in [0, 0.1) is 6.92 Å². The standard InChI is InChI=1S/C14H23N3/c1-12(2)9-16-7-5-4-6-14(16)11-17-10-13(3)8-15-17/h8,10,14H,1,4-7,9,11H2,2-3H3. The highest BCUT2D eigenvalue weighted by Crippen LogP contribution is 2.19. The third-order valence-corrected chi connectivity index (χ3v) is 3.38. The predicted molar refractivity (Wildman–Crippen MR) is 71.0 cm³/mol. The minimum absolute atomic E-state index is 0.625. The largest absolute Gasteiger partial charge is 0.295 e. The summed E-state index contributed by atoms with van der Waals surface area (Å²) in [6.45, 7) is 11.5. The monoisotopic (exact) mass is 233 g/mol. The molecule has 3 heteroatoms. The summed E-state index contributed by atoms with van der Waals surface area (Å²) < 4.78 is 2.08. The van der Waals surface area contributed by atoms with Gasteiger partial charge < -0.3 is 0 Å². The summed E-state index contributed by atoms with van der Waals surface area (Å²) in [7, 11) is 0. The molecule has 94 valence electrons. The summed E-state index contributed by atoms with van der Waals surface area (Å²) in [6.07, 6.45) is 8.02. The van der Waals surface area contributed by atoms with Crippen LogP contribution in [0.3, 0.4) is 0 Å². The van der Waals surface area contributed by atoms with Crippen LogP contribution in [0.5, 0.6) is 0 Å². The third-order valence-electron chi connectivity index (χ3n) is 3.38. The van der Waals surface area contributed by atoms with Gasteiger partial charge in [0.15, 0.2) is 0 Å². The van der Waals surface area contributed by atoms with Gasteiger partial charge in [-0.05, 0) is 38.8 Å². The molecule has 1 aliphatic rings. The quantitative estimate of drug-likeness (QED) is 0.745. The Morgan fingerprint density at radius 3 is 3.00 bits per heavy atom. The van der Waals surface area contributed by atoms with Gasteiger partial charge in [-0.2, -0.15) is 5.10 Å². The molecule has 0 aromatic carbocycles. The van der Waals surface area contributed by atoms with Crippen LogP contribution in [-0.4, -0.2) is 33.8 Å². The molecule has 1 aromatic heterocycles. The Bertz CT molecular complexity index is 381. The summed E-state index contributed by atoms with van der Waals surface area (Å²) in [4.78, 5) is 2.56. The molecule has 0 amide bonds. The molecular weight excluding hydrogens is 210 g/mol. The summed E-state index contributed by atoms with van der Waals surface area (Å²) >= 11 is 0. The second-order valence-corrected chi connectivity index (χ2v) is 5.32. The molecule has 0 spiro atoms. The maximum Gasteiger partial charge on any atom is 0.0565 e. The summed E-state index contributed by atoms with van der Waals surface area (Å²) in [5, 5.41) is 4.39. The van der Waals surface area contributed by atoms with E-state index in [1.165, 1.54) is 36.9 Å². The number of likely N-dealkylation sites (tertiary alicyclic amines) is 1. The van der Waals surface area contributed by atoms with Crippen molar-refractivity contribution in [2.24, 2.45) is 0 Å². The molecule has 0 bridgehead atoms. The average Bonchev–Trinajstić information content (AvgIpc) is 2.66. The number of hydrogen-bond donors (Lipinski definition) is 0. The minimum atomic E-state index is 0.625. The first-order valence-electron chi connectivity index (χ1n) is 6.52. The smallest absolute Gasteiger partial charge is 0.0565 e. The molecule has 1 atom stereocenters. The van der Waals surface area contributed by atoms with Gasteiger partial charge in [-0.15, -0.1) is 0 Å². The van der Waals surface area contributed by atoms with Gasteiger partial charge in [0, 0.05) is 18.8 Å². The number of piperidine rings is 1. The Kier molecular flexibility index (Phi) is 4.00. The molecule has 0 N–H and O–H groups in total. The first-order valence-corrected chi connectivity index (χ1v) is 6.52. The normalized spacial score (nSPS) is 21.6. The predicted octanol–water partition coefficient (Wildman–Crippen LogP) is 2.62. The second-order valence-electron chi connectivity index (χ2n) is 5.32. The maximum absolute atomic E-state index is 4.39. The SMILES string of the molecule is C=C(C)CN1CCCCC1Cn1cc(C)cn1. The molecule has 2 rings (SSSR count). The van der Waals surface area contributed by atoms with Crippen molar-refractivity contribution in [3.05, 3.63) is 30.1 Å². The van der Waals surface area contributed by atoms with Crippen LogP contribution in [0.25, 0.3) is 0 Å². The maximum atomic E-state index is 4.39. The van der Waals surface area contributed by atoms with Gasteiger partial charge in [0.2, 0.25) is 0 Å². The van der Waals surface area contributed by atoms with Crippen LogP contribution < -0.4 is 0 Å². The minimum Gasteiger partial charge on any atom is -0.295 e. The van der Waals surface area contributed by atoms with Crippen LogP contribution in [0.1, 0.15) is 31.7 Å². The average molecular weight is 233 g/mol. The molecule has 1 unspecified atom stereocenters. The van der Waals surface area contributed by atoms with E-state index in [9.17, 15) is 0 Å². The zero-order valence-electron chi connectivity index (χ0n) is 11.0. The number of hydrogen-bond acceptors (Lipinski definition) is 2. The molecule has 1 saturated heterocycles. The lowest BCUT2D eigenvalue weighted by Gasteiger charge is -2.35. The van der Waals surface area contributed by atoms with Crippen LogP contribution in [0.15, 0.2) is 24.5 Å². The van der Waals surface area contributed by atoms with Crippen molar-refractivity contribution in [3.63, 3.8) is 0 Å². The van der Waals surface area contributed by atoms with Gasteiger partial charge in [-0.25, -0.2) is 0 Å². The van der Waals surface area contributed by atoms with E-state index in [-0.39, 0.29) is 0 Å². The van der Waals surface area contributed by atoms with E-state index in [2.05, 4.69) is 41.3 Å². The van der Waals surface area contributed by atoms with Crippen LogP contribution in [0.2, 0.25) is 0 Å². The molecule has 1 aromatic rings. The van der Waals surface area contributed by atoms with Crippen molar-refractivity contribution in [2.45, 2.75) is 45.7 Å². The van der Waals surface area contributed by atoms with Gasteiger partial charge in [-0.3, -0.25) is 9.58 Å². The second kappa shape index (κ2) is 5.50. The van der Waals surface area contributed by atoms with Crippen molar-refractivity contribution < 1.29 is 0 Å². The van der Waals surface area contributed by atoms with Crippen molar-refractivity contribution in [2.75, 3.05) is 13.1 Å². The number of nitrogens with zero attached hydrogens (tertiary/aromatic N) is 3. The number of aryl methyl sites for hydroxylation is 1. The van der Waals surface area contributed by atoms with Gasteiger partial charge in [0.05, 0.1) is 12.7 Å². The zero-order chi connectivity index (χ0) is 12.3. The van der Waals surface area contributed by atoms with Gasteiger partial charge in [0.25, 0.3) is 0 Å². The molecule has 1 fully saturated rings. The van der Waals surface area contributed by atoms with Crippen molar-refractivity contribution >= 4 is 0 Å². The summed E-state index contributed by atoms with van der Waals surface area (Å²) in [5.41, 5.74) is 2.50. The summed E-state index contributed by atoms with van der Waals surface area (Å²) in [5.74, 6) is 0. The van der Waals surface area contributed by atoms with Crippen LogP contribution >= 0.6 is 0 Å². The van der Waals surface area contributed by atoms with Crippen molar-refractivity contribution in [3.8, 4) is 0 Å². The van der Waals surface area contributed by atoms with E-state index in [4.69, 9.17) is 0 Å². The third kappa shape index (κ3) is 3.43. The summed E-state index contributed by atoms with van der Waals surface area (Å²) in [6, 6.07) is 0.625. The Hall–Kier alpha value is -1.09. The van der Waals surface area contributed by atoms with Crippen LogP contribution in [0.4, 0.5) is 0 Å². The Morgan fingerprint density at radius 1 is 1.53 bits per heavy atom. The zero-order valence-corrected chi connectivity index (χ0v) is 11.0. The van der Waals surface area contributed by atoms with E-state index >= 15 is 0 Å². The topological polar surface area (TPSA) is 21.1 Å². The molecule has 0 radical (unpaired) electrons. The molecular formula is C14H23N3. The highest BCUT2D eigenvalue weighted by atomic mass is 15.3. The molecule has 17 heavy (non-hydrogen) atoms. The number of aromatic nitrogens is 2. The lowest BCUT2D eigenvalue weighted by Crippen LogP contribution is -2.42. The molecule has 2 heterocycles. The lowest BCUT2D eigenvalue weighted by molar-refractivity contribution is 0.141. The Balaban J connectivity index is 1.98. The Labute approximate surface area is 104 Å². The fourth-order valence-electron chi connectivity index (χ4n) is 2.60.